The van der Waals surface area contributed by atoms with Crippen molar-refractivity contribution >= 4 is 17.7 Å². The van der Waals surface area contributed by atoms with Gasteiger partial charge in [0.25, 0.3) is 0 Å². The Balaban J connectivity index is 2.44. The molecule has 0 aromatic heterocycles. The van der Waals surface area contributed by atoms with Crippen LogP contribution in [0.25, 0.3) is 0 Å². The van der Waals surface area contributed by atoms with Crippen molar-refractivity contribution in [3.8, 4) is 0 Å². The van der Waals surface area contributed by atoms with Gasteiger partial charge in [0.2, 0.25) is 0 Å². The van der Waals surface area contributed by atoms with E-state index >= 15 is 0 Å². The van der Waals surface area contributed by atoms with Gasteiger partial charge in [-0.15, -0.1) is 0 Å². The van der Waals surface area contributed by atoms with Crippen molar-refractivity contribution in [2.75, 3.05) is 26.2 Å². The summed E-state index contributed by atoms with van der Waals surface area (Å²) in [4.78, 5) is 24.0. The Hall–Kier alpha value is -1.63. The zero-order chi connectivity index (χ0) is 13.5. The highest BCUT2D eigenvalue weighted by Crippen LogP contribution is 2.17. The Morgan fingerprint density at radius 1 is 1.39 bits per heavy atom. The van der Waals surface area contributed by atoms with Crippen molar-refractivity contribution in [3.05, 3.63) is 0 Å². The van der Waals surface area contributed by atoms with Gasteiger partial charge in [-0.1, -0.05) is 5.16 Å². The van der Waals surface area contributed by atoms with Crippen LogP contribution in [0.3, 0.4) is 0 Å². The van der Waals surface area contributed by atoms with Crippen LogP contribution >= 0.6 is 0 Å². The molecule has 1 aliphatic rings. The minimum atomic E-state index is -0.781. The standard InChI is InChI=1S/C11H18N2O5/c1-2-18-11(16)9(12-17)7-13-5-3-8(4-6-13)10(14)15/h8,17H,2-7H2,1H3,(H,14,15)/b12-9+. The van der Waals surface area contributed by atoms with Gasteiger partial charge >= 0.3 is 11.9 Å². The van der Waals surface area contributed by atoms with Crippen LogP contribution in [0.15, 0.2) is 5.16 Å². The normalized spacial score (nSPS) is 18.6. The van der Waals surface area contributed by atoms with Crippen molar-refractivity contribution in [3.63, 3.8) is 0 Å². The van der Waals surface area contributed by atoms with Gasteiger partial charge in [-0.05, 0) is 32.9 Å². The quantitative estimate of drug-likeness (QED) is 0.316. The van der Waals surface area contributed by atoms with E-state index in [1.807, 2.05) is 4.90 Å². The Labute approximate surface area is 105 Å². The van der Waals surface area contributed by atoms with Gasteiger partial charge in [-0.2, -0.15) is 0 Å². The lowest BCUT2D eigenvalue weighted by atomic mass is 9.97. The molecule has 1 rings (SSSR count). The van der Waals surface area contributed by atoms with E-state index in [2.05, 4.69) is 5.16 Å². The van der Waals surface area contributed by atoms with E-state index < -0.39 is 11.9 Å². The second kappa shape index (κ2) is 6.95. The van der Waals surface area contributed by atoms with Crippen LogP contribution in [0.2, 0.25) is 0 Å². The van der Waals surface area contributed by atoms with Gasteiger partial charge < -0.3 is 15.1 Å². The number of likely N-dealkylation sites (tertiary alicyclic amines) is 1. The van der Waals surface area contributed by atoms with Crippen LogP contribution < -0.4 is 0 Å². The highest BCUT2D eigenvalue weighted by atomic mass is 16.5. The summed E-state index contributed by atoms with van der Waals surface area (Å²) in [5, 5.41) is 20.6. The fraction of sp³-hybridized carbons (Fsp3) is 0.727. The second-order valence-corrected chi connectivity index (χ2v) is 4.16. The first kappa shape index (κ1) is 14.4. The van der Waals surface area contributed by atoms with Crippen molar-refractivity contribution < 1.29 is 24.6 Å². The van der Waals surface area contributed by atoms with Gasteiger partial charge in [0.05, 0.1) is 19.1 Å². The summed E-state index contributed by atoms with van der Waals surface area (Å²) in [7, 11) is 0. The maximum atomic E-state index is 11.4. The average molecular weight is 258 g/mol. The Bertz CT molecular complexity index is 334. The molecule has 0 aromatic carbocycles. The first-order valence-electron chi connectivity index (χ1n) is 5.91. The molecule has 18 heavy (non-hydrogen) atoms. The highest BCUT2D eigenvalue weighted by molar-refractivity contribution is 6.37. The summed E-state index contributed by atoms with van der Waals surface area (Å²) in [6.45, 7) is 3.21. The maximum Gasteiger partial charge on any atom is 0.357 e. The predicted molar refractivity (Wildman–Crippen MR) is 62.7 cm³/mol. The Morgan fingerprint density at radius 3 is 2.44 bits per heavy atom. The third-order valence-corrected chi connectivity index (χ3v) is 2.94. The van der Waals surface area contributed by atoms with E-state index in [0.717, 1.165) is 0 Å². The molecule has 0 radical (unpaired) electrons. The number of piperidine rings is 1. The Morgan fingerprint density at radius 2 is 2.00 bits per heavy atom. The molecule has 0 aromatic rings. The minimum absolute atomic E-state index is 0.0503. The lowest BCUT2D eigenvalue weighted by molar-refractivity contribution is -0.143. The van der Waals surface area contributed by atoms with Crippen molar-refractivity contribution in [1.29, 1.82) is 0 Å². The smallest absolute Gasteiger partial charge is 0.357 e. The lowest BCUT2D eigenvalue weighted by Crippen LogP contribution is -2.41. The fourth-order valence-corrected chi connectivity index (χ4v) is 1.90. The number of carboxylic acid groups (broad SMARTS) is 1. The molecule has 7 heteroatoms. The van der Waals surface area contributed by atoms with Crippen LogP contribution in [0.1, 0.15) is 19.8 Å². The second-order valence-electron chi connectivity index (χ2n) is 4.16. The number of carbonyl (C=O) groups is 2. The molecule has 1 saturated heterocycles. The molecular formula is C11H18N2O5. The first-order valence-corrected chi connectivity index (χ1v) is 5.91. The molecule has 0 saturated carbocycles. The lowest BCUT2D eigenvalue weighted by Gasteiger charge is -2.29. The molecule has 0 bridgehead atoms. The molecular weight excluding hydrogens is 240 g/mol. The number of aliphatic carboxylic acids is 1. The number of esters is 1. The van der Waals surface area contributed by atoms with Crippen LogP contribution in [-0.2, 0) is 14.3 Å². The summed E-state index contributed by atoms with van der Waals surface area (Å²) in [5.74, 6) is -1.74. The topological polar surface area (TPSA) is 99.4 Å². The number of rotatable bonds is 5. The fourth-order valence-electron chi connectivity index (χ4n) is 1.90. The zero-order valence-corrected chi connectivity index (χ0v) is 10.3. The molecule has 1 aliphatic heterocycles. The molecule has 0 spiro atoms. The third-order valence-electron chi connectivity index (χ3n) is 2.94. The molecule has 1 fully saturated rings. The molecule has 1 heterocycles. The molecule has 0 amide bonds. The molecule has 102 valence electrons. The van der Waals surface area contributed by atoms with Gasteiger partial charge in [-0.25, -0.2) is 4.79 Å². The molecule has 0 atom stereocenters. The summed E-state index contributed by atoms with van der Waals surface area (Å²) in [5.41, 5.74) is -0.0503. The third kappa shape index (κ3) is 3.99. The Kier molecular flexibility index (Phi) is 5.57. The number of carbonyl (C=O) groups excluding carboxylic acids is 1. The van der Waals surface area contributed by atoms with E-state index in [1.54, 1.807) is 6.92 Å². The summed E-state index contributed by atoms with van der Waals surface area (Å²) < 4.78 is 4.75. The van der Waals surface area contributed by atoms with E-state index in [4.69, 9.17) is 15.1 Å². The number of carboxylic acids is 1. The van der Waals surface area contributed by atoms with E-state index in [0.29, 0.717) is 25.9 Å². The van der Waals surface area contributed by atoms with Crippen molar-refractivity contribution in [1.82, 2.24) is 4.90 Å². The zero-order valence-electron chi connectivity index (χ0n) is 10.3. The van der Waals surface area contributed by atoms with Gasteiger partial charge in [0.1, 0.15) is 0 Å². The SMILES string of the molecule is CCOC(=O)/C(CN1CCC(C(=O)O)CC1)=N/O. The van der Waals surface area contributed by atoms with E-state index in [-0.39, 0.29) is 24.8 Å². The summed E-state index contributed by atoms with van der Waals surface area (Å²) in [6.07, 6.45) is 1.08. The van der Waals surface area contributed by atoms with Crippen molar-refractivity contribution in [2.45, 2.75) is 19.8 Å². The van der Waals surface area contributed by atoms with Gasteiger partial charge in [0, 0.05) is 0 Å². The summed E-state index contributed by atoms with van der Waals surface area (Å²) >= 11 is 0. The highest BCUT2D eigenvalue weighted by Gasteiger charge is 2.26. The number of oxime groups is 1. The predicted octanol–water partition coefficient (Wildman–Crippen LogP) is 0.176. The number of nitrogens with zero attached hydrogens (tertiary/aromatic N) is 2. The molecule has 2 N–H and O–H groups in total. The monoisotopic (exact) mass is 258 g/mol. The molecule has 7 nitrogen and oxygen atoms in total. The van der Waals surface area contributed by atoms with Crippen molar-refractivity contribution in [2.24, 2.45) is 11.1 Å². The molecule has 0 aliphatic carbocycles. The average Bonchev–Trinajstić information content (AvgIpc) is 2.36. The van der Waals surface area contributed by atoms with E-state index in [9.17, 15) is 9.59 Å². The molecule has 0 unspecified atom stereocenters. The summed E-state index contributed by atoms with van der Waals surface area (Å²) in [6, 6.07) is 0. The minimum Gasteiger partial charge on any atom is -0.481 e. The van der Waals surface area contributed by atoms with Crippen LogP contribution in [0.5, 0.6) is 0 Å². The van der Waals surface area contributed by atoms with Crippen LogP contribution in [0, 0.1) is 5.92 Å². The van der Waals surface area contributed by atoms with Gasteiger partial charge in [0.15, 0.2) is 5.71 Å². The maximum absolute atomic E-state index is 11.4. The number of hydrogen-bond acceptors (Lipinski definition) is 6. The number of hydrogen-bond donors (Lipinski definition) is 2. The van der Waals surface area contributed by atoms with Crippen LogP contribution in [-0.4, -0.2) is 59.1 Å². The first-order chi connectivity index (χ1) is 8.58. The van der Waals surface area contributed by atoms with E-state index in [1.165, 1.54) is 0 Å². The number of ether oxygens (including phenoxy) is 1. The van der Waals surface area contributed by atoms with Gasteiger partial charge in [-0.3, -0.25) is 9.69 Å². The largest absolute Gasteiger partial charge is 0.481 e. The van der Waals surface area contributed by atoms with Crippen LogP contribution in [0.4, 0.5) is 0 Å².